The van der Waals surface area contributed by atoms with Gasteiger partial charge in [-0.25, -0.2) is 4.39 Å². The highest BCUT2D eigenvalue weighted by Crippen LogP contribution is 2.23. The predicted octanol–water partition coefficient (Wildman–Crippen LogP) is 4.84. The van der Waals surface area contributed by atoms with Crippen molar-refractivity contribution in [2.45, 2.75) is 6.42 Å². The summed E-state index contributed by atoms with van der Waals surface area (Å²) < 4.78 is 14.9. The van der Waals surface area contributed by atoms with E-state index in [0.29, 0.717) is 4.47 Å². The average molecular weight is 378 g/mol. The molecule has 0 aliphatic heterocycles. The molecule has 0 unspecified atom stereocenters. The largest absolute Gasteiger partial charge is 0.294 e. The molecule has 1 aromatic heterocycles. The predicted molar refractivity (Wildman–Crippen MR) is 74.2 cm³/mol. The van der Waals surface area contributed by atoms with E-state index >= 15 is 0 Å². The van der Waals surface area contributed by atoms with Crippen LogP contribution in [0.3, 0.4) is 0 Å². The van der Waals surface area contributed by atoms with E-state index in [1.54, 1.807) is 12.1 Å². The zero-order valence-corrected chi connectivity index (χ0v) is 12.5. The van der Waals surface area contributed by atoms with Crippen molar-refractivity contribution in [2.75, 3.05) is 0 Å². The highest BCUT2D eigenvalue weighted by Gasteiger charge is 2.14. The van der Waals surface area contributed by atoms with Crippen molar-refractivity contribution >= 4 is 49.0 Å². The van der Waals surface area contributed by atoms with Crippen LogP contribution in [0.2, 0.25) is 0 Å². The summed E-state index contributed by atoms with van der Waals surface area (Å²) in [7, 11) is 0. The molecule has 0 atom stereocenters. The van der Waals surface area contributed by atoms with Crippen LogP contribution in [0.5, 0.6) is 0 Å². The molecule has 0 N–H and O–H groups in total. The first-order chi connectivity index (χ1) is 8.08. The normalized spacial score (nSPS) is 10.5. The fraction of sp³-hybridized carbons (Fsp3) is 0.0833. The van der Waals surface area contributed by atoms with Gasteiger partial charge in [-0.2, -0.15) is 0 Å². The smallest absolute Gasteiger partial charge is 0.171 e. The highest BCUT2D eigenvalue weighted by molar-refractivity contribution is 9.10. The molecule has 0 fully saturated rings. The van der Waals surface area contributed by atoms with Gasteiger partial charge in [-0.15, -0.1) is 11.3 Å². The molecule has 0 aliphatic rings. The summed E-state index contributed by atoms with van der Waals surface area (Å²) in [5.41, 5.74) is 0.129. The summed E-state index contributed by atoms with van der Waals surface area (Å²) in [4.78, 5) is 12.8. The lowest BCUT2D eigenvalue weighted by Gasteiger charge is -2.02. The van der Waals surface area contributed by atoms with Gasteiger partial charge in [0, 0.05) is 21.2 Å². The Kier molecular flexibility index (Phi) is 4.12. The second-order valence-electron chi connectivity index (χ2n) is 3.43. The lowest BCUT2D eigenvalue weighted by Crippen LogP contribution is -2.05. The third-order valence-electron chi connectivity index (χ3n) is 2.21. The van der Waals surface area contributed by atoms with Crippen LogP contribution in [-0.4, -0.2) is 5.78 Å². The minimum Gasteiger partial charge on any atom is -0.294 e. The SMILES string of the molecule is O=C(Cc1cc(Br)cs1)c1cccc(Br)c1F. The van der Waals surface area contributed by atoms with E-state index in [2.05, 4.69) is 31.9 Å². The topological polar surface area (TPSA) is 17.1 Å². The Bertz CT molecular complexity index is 565. The molecule has 0 saturated carbocycles. The molecule has 0 bridgehead atoms. The van der Waals surface area contributed by atoms with Crippen molar-refractivity contribution < 1.29 is 9.18 Å². The minimum atomic E-state index is -0.492. The molecule has 1 nitrogen and oxygen atoms in total. The van der Waals surface area contributed by atoms with Gasteiger partial charge in [-0.05, 0) is 50.1 Å². The lowest BCUT2D eigenvalue weighted by atomic mass is 10.1. The fourth-order valence-corrected chi connectivity index (χ4v) is 3.23. The number of hydrogen-bond donors (Lipinski definition) is 0. The fourth-order valence-electron chi connectivity index (χ4n) is 1.42. The van der Waals surface area contributed by atoms with E-state index < -0.39 is 5.82 Å². The Labute approximate surface area is 119 Å². The first-order valence-corrected chi connectivity index (χ1v) is 7.24. The molecule has 0 saturated heterocycles. The monoisotopic (exact) mass is 376 g/mol. The van der Waals surface area contributed by atoms with Crippen LogP contribution in [0.4, 0.5) is 4.39 Å². The number of Topliss-reactive ketones (excluding diaryl/α,β-unsaturated/α-hetero) is 1. The molecule has 0 amide bonds. The van der Waals surface area contributed by atoms with E-state index in [-0.39, 0.29) is 17.8 Å². The molecular weight excluding hydrogens is 371 g/mol. The number of thiophene rings is 1. The number of carbonyl (C=O) groups excluding carboxylic acids is 1. The molecule has 17 heavy (non-hydrogen) atoms. The maximum absolute atomic E-state index is 13.7. The standard InChI is InChI=1S/C12H7Br2FOS/c13-7-4-8(17-6-7)5-11(16)9-2-1-3-10(14)12(9)15/h1-4,6H,5H2. The first kappa shape index (κ1) is 12.9. The molecular formula is C12H7Br2FOS. The van der Waals surface area contributed by atoms with Crippen molar-refractivity contribution in [1.29, 1.82) is 0 Å². The Balaban J connectivity index is 2.23. The van der Waals surface area contributed by atoms with Gasteiger partial charge in [0.05, 0.1) is 10.0 Å². The number of ketones is 1. The van der Waals surface area contributed by atoms with E-state index in [1.807, 2.05) is 11.4 Å². The molecule has 0 radical (unpaired) electrons. The summed E-state index contributed by atoms with van der Waals surface area (Å²) in [6, 6.07) is 6.61. The van der Waals surface area contributed by atoms with Gasteiger partial charge >= 0.3 is 0 Å². The van der Waals surface area contributed by atoms with Gasteiger partial charge in [0.2, 0.25) is 0 Å². The Hall–Kier alpha value is -0.520. The van der Waals surface area contributed by atoms with Crippen molar-refractivity contribution in [1.82, 2.24) is 0 Å². The van der Waals surface area contributed by atoms with Crippen LogP contribution in [0.15, 0.2) is 38.6 Å². The second kappa shape index (κ2) is 5.42. The average Bonchev–Trinajstić information content (AvgIpc) is 2.68. The molecule has 0 spiro atoms. The Morgan fingerprint density at radius 2 is 2.12 bits per heavy atom. The van der Waals surface area contributed by atoms with Gasteiger partial charge in [0.25, 0.3) is 0 Å². The summed E-state index contributed by atoms with van der Waals surface area (Å²) in [6.45, 7) is 0. The number of carbonyl (C=O) groups is 1. The van der Waals surface area contributed by atoms with E-state index in [0.717, 1.165) is 9.35 Å². The molecule has 2 aromatic rings. The third-order valence-corrected chi connectivity index (χ3v) is 4.52. The second-order valence-corrected chi connectivity index (χ2v) is 6.20. The molecule has 1 aromatic carbocycles. The Morgan fingerprint density at radius 3 is 2.76 bits per heavy atom. The molecule has 1 heterocycles. The van der Waals surface area contributed by atoms with E-state index in [4.69, 9.17) is 0 Å². The van der Waals surface area contributed by atoms with Crippen LogP contribution in [0.25, 0.3) is 0 Å². The van der Waals surface area contributed by atoms with Crippen LogP contribution < -0.4 is 0 Å². The molecule has 0 aliphatic carbocycles. The van der Waals surface area contributed by atoms with Gasteiger partial charge in [0.1, 0.15) is 5.82 Å². The van der Waals surface area contributed by atoms with Crippen LogP contribution in [0, 0.1) is 5.82 Å². The number of benzene rings is 1. The van der Waals surface area contributed by atoms with Gasteiger partial charge in [-0.1, -0.05) is 6.07 Å². The summed E-state index contributed by atoms with van der Waals surface area (Å²) >= 11 is 7.87. The van der Waals surface area contributed by atoms with Crippen molar-refractivity contribution in [2.24, 2.45) is 0 Å². The van der Waals surface area contributed by atoms with Gasteiger partial charge < -0.3 is 0 Å². The van der Waals surface area contributed by atoms with Crippen molar-refractivity contribution in [3.63, 3.8) is 0 Å². The Morgan fingerprint density at radius 1 is 1.35 bits per heavy atom. The summed E-state index contributed by atoms with van der Waals surface area (Å²) in [5.74, 6) is -0.703. The molecule has 88 valence electrons. The van der Waals surface area contributed by atoms with Crippen molar-refractivity contribution in [3.05, 3.63) is 54.8 Å². The van der Waals surface area contributed by atoms with E-state index in [9.17, 15) is 9.18 Å². The number of hydrogen-bond acceptors (Lipinski definition) is 2. The lowest BCUT2D eigenvalue weighted by molar-refractivity contribution is 0.0990. The highest BCUT2D eigenvalue weighted by atomic mass is 79.9. The maximum Gasteiger partial charge on any atom is 0.171 e. The van der Waals surface area contributed by atoms with E-state index in [1.165, 1.54) is 17.4 Å². The quantitative estimate of drug-likeness (QED) is 0.699. The van der Waals surface area contributed by atoms with Gasteiger partial charge in [-0.3, -0.25) is 4.79 Å². The number of rotatable bonds is 3. The van der Waals surface area contributed by atoms with Crippen LogP contribution >= 0.6 is 43.2 Å². The minimum absolute atomic E-state index is 0.129. The maximum atomic E-state index is 13.7. The third kappa shape index (κ3) is 3.03. The van der Waals surface area contributed by atoms with Crippen LogP contribution in [-0.2, 0) is 6.42 Å². The zero-order chi connectivity index (χ0) is 12.4. The first-order valence-electron chi connectivity index (χ1n) is 4.78. The van der Waals surface area contributed by atoms with Crippen LogP contribution in [0.1, 0.15) is 15.2 Å². The number of halogens is 3. The molecule has 5 heteroatoms. The molecule has 2 rings (SSSR count). The van der Waals surface area contributed by atoms with Crippen molar-refractivity contribution in [3.8, 4) is 0 Å². The van der Waals surface area contributed by atoms with Gasteiger partial charge in [0.15, 0.2) is 5.78 Å². The summed E-state index contributed by atoms with van der Waals surface area (Å²) in [6.07, 6.45) is 0.226. The summed E-state index contributed by atoms with van der Waals surface area (Å²) in [5, 5.41) is 1.90. The zero-order valence-electron chi connectivity index (χ0n) is 8.54.